The molecule has 0 fully saturated rings. The lowest BCUT2D eigenvalue weighted by atomic mass is 9.87. The summed E-state index contributed by atoms with van der Waals surface area (Å²) in [5.41, 5.74) is 4.55. The van der Waals surface area contributed by atoms with Gasteiger partial charge in [-0.1, -0.05) is 26.7 Å². The number of nitrogens with two attached hydrogens (primary N) is 1. The molecule has 0 aliphatic carbocycles. The van der Waals surface area contributed by atoms with E-state index in [0.29, 0.717) is 12.3 Å². The summed E-state index contributed by atoms with van der Waals surface area (Å²) in [5, 5.41) is 8.76. The maximum atomic E-state index is 10.7. The molecule has 0 aromatic carbocycles. The SMILES string of the molecule is CCC(CC)C[C@](C)(N)C(=O)O.Cl. The Morgan fingerprint density at radius 3 is 2.08 bits per heavy atom. The fourth-order valence-corrected chi connectivity index (χ4v) is 1.26. The van der Waals surface area contributed by atoms with Crippen molar-refractivity contribution < 1.29 is 9.90 Å². The fraction of sp³-hybridized carbons (Fsp3) is 0.889. The monoisotopic (exact) mass is 209 g/mol. The third kappa shape index (κ3) is 5.11. The predicted molar refractivity (Wildman–Crippen MR) is 56.2 cm³/mol. The molecule has 1 atom stereocenters. The topological polar surface area (TPSA) is 63.3 Å². The standard InChI is InChI=1S/C9H19NO2.ClH/c1-4-7(5-2)6-9(3,10)8(11)12;/h7H,4-6,10H2,1-3H3,(H,11,12);1H/t9-;/m0./s1. The molecule has 0 aromatic heterocycles. The van der Waals surface area contributed by atoms with Gasteiger partial charge in [0.05, 0.1) is 0 Å². The quantitative estimate of drug-likeness (QED) is 0.729. The van der Waals surface area contributed by atoms with Crippen LogP contribution in [0.4, 0.5) is 0 Å². The predicted octanol–water partition coefficient (Wildman–Crippen LogP) is 2.04. The summed E-state index contributed by atoms with van der Waals surface area (Å²) < 4.78 is 0. The molecule has 0 bridgehead atoms. The second-order valence-electron chi connectivity index (χ2n) is 3.61. The average Bonchev–Trinajstić information content (AvgIpc) is 2.00. The van der Waals surface area contributed by atoms with Crippen molar-refractivity contribution in [2.24, 2.45) is 11.7 Å². The van der Waals surface area contributed by atoms with Gasteiger partial charge in [0.2, 0.25) is 0 Å². The highest BCUT2D eigenvalue weighted by Crippen LogP contribution is 2.20. The number of carboxylic acid groups (broad SMARTS) is 1. The number of halogens is 1. The van der Waals surface area contributed by atoms with Crippen molar-refractivity contribution >= 4 is 18.4 Å². The normalized spacial score (nSPS) is 14.8. The molecule has 13 heavy (non-hydrogen) atoms. The molecule has 3 nitrogen and oxygen atoms in total. The van der Waals surface area contributed by atoms with E-state index < -0.39 is 11.5 Å². The van der Waals surface area contributed by atoms with Crippen LogP contribution in [0, 0.1) is 5.92 Å². The van der Waals surface area contributed by atoms with Gasteiger partial charge in [0.1, 0.15) is 5.54 Å². The van der Waals surface area contributed by atoms with E-state index in [1.807, 2.05) is 0 Å². The Labute approximate surface area is 86.1 Å². The third-order valence-electron chi connectivity index (χ3n) is 2.36. The molecule has 0 aliphatic rings. The number of rotatable bonds is 5. The number of carbonyl (C=O) groups is 1. The Morgan fingerprint density at radius 1 is 1.46 bits per heavy atom. The highest BCUT2D eigenvalue weighted by molar-refractivity contribution is 5.85. The number of hydrogen-bond donors (Lipinski definition) is 2. The molecular weight excluding hydrogens is 190 g/mol. The minimum atomic E-state index is -1.06. The summed E-state index contributed by atoms with van der Waals surface area (Å²) in [6.45, 7) is 5.70. The van der Waals surface area contributed by atoms with Gasteiger partial charge in [-0.2, -0.15) is 0 Å². The lowest BCUT2D eigenvalue weighted by molar-refractivity contribution is -0.143. The first-order valence-electron chi connectivity index (χ1n) is 4.46. The van der Waals surface area contributed by atoms with E-state index in [1.54, 1.807) is 6.92 Å². The average molecular weight is 210 g/mol. The molecule has 0 saturated heterocycles. The van der Waals surface area contributed by atoms with Crippen molar-refractivity contribution in [2.75, 3.05) is 0 Å². The second kappa shape index (κ2) is 6.22. The summed E-state index contributed by atoms with van der Waals surface area (Å²) >= 11 is 0. The van der Waals surface area contributed by atoms with E-state index in [2.05, 4.69) is 13.8 Å². The Bertz CT molecular complexity index is 156. The molecule has 3 N–H and O–H groups in total. The maximum Gasteiger partial charge on any atom is 0.323 e. The van der Waals surface area contributed by atoms with Gasteiger partial charge in [-0.3, -0.25) is 4.79 Å². The Kier molecular flexibility index (Phi) is 7.27. The number of hydrogen-bond acceptors (Lipinski definition) is 2. The third-order valence-corrected chi connectivity index (χ3v) is 2.36. The van der Waals surface area contributed by atoms with Crippen molar-refractivity contribution in [3.05, 3.63) is 0 Å². The summed E-state index contributed by atoms with van der Waals surface area (Å²) in [6.07, 6.45) is 2.56. The molecule has 0 saturated carbocycles. The largest absolute Gasteiger partial charge is 0.480 e. The van der Waals surface area contributed by atoms with Crippen molar-refractivity contribution in [3.63, 3.8) is 0 Å². The first-order valence-corrected chi connectivity index (χ1v) is 4.46. The fourth-order valence-electron chi connectivity index (χ4n) is 1.26. The minimum absolute atomic E-state index is 0. The van der Waals surface area contributed by atoms with Crippen LogP contribution in [0.1, 0.15) is 40.0 Å². The highest BCUT2D eigenvalue weighted by atomic mass is 35.5. The molecule has 0 aromatic rings. The van der Waals surface area contributed by atoms with Crippen molar-refractivity contribution in [1.82, 2.24) is 0 Å². The number of carboxylic acids is 1. The second-order valence-corrected chi connectivity index (χ2v) is 3.61. The first kappa shape index (κ1) is 15.2. The highest BCUT2D eigenvalue weighted by Gasteiger charge is 2.29. The number of aliphatic carboxylic acids is 1. The van der Waals surface area contributed by atoms with Gasteiger partial charge in [0.25, 0.3) is 0 Å². The summed E-state index contributed by atoms with van der Waals surface area (Å²) in [6, 6.07) is 0. The Morgan fingerprint density at radius 2 is 1.85 bits per heavy atom. The van der Waals surface area contributed by atoms with Gasteiger partial charge in [-0.05, 0) is 19.3 Å². The van der Waals surface area contributed by atoms with E-state index in [9.17, 15) is 4.79 Å². The molecule has 0 heterocycles. The van der Waals surface area contributed by atoms with Gasteiger partial charge in [0.15, 0.2) is 0 Å². The maximum absolute atomic E-state index is 10.7. The van der Waals surface area contributed by atoms with Crippen molar-refractivity contribution in [2.45, 2.75) is 45.6 Å². The van der Waals surface area contributed by atoms with Gasteiger partial charge in [0, 0.05) is 0 Å². The van der Waals surface area contributed by atoms with Gasteiger partial charge in [-0.25, -0.2) is 0 Å². The smallest absolute Gasteiger partial charge is 0.323 e. The van der Waals surface area contributed by atoms with Gasteiger partial charge < -0.3 is 10.8 Å². The lowest BCUT2D eigenvalue weighted by Gasteiger charge is -2.24. The van der Waals surface area contributed by atoms with E-state index in [0.717, 1.165) is 12.8 Å². The molecule has 0 rings (SSSR count). The molecule has 0 amide bonds. The van der Waals surface area contributed by atoms with Crippen LogP contribution in [0.5, 0.6) is 0 Å². The molecule has 0 spiro atoms. The summed E-state index contributed by atoms with van der Waals surface area (Å²) in [7, 11) is 0. The molecule has 0 aliphatic heterocycles. The van der Waals surface area contributed by atoms with Crippen LogP contribution in [0.2, 0.25) is 0 Å². The molecule has 80 valence electrons. The molecule has 0 unspecified atom stereocenters. The van der Waals surface area contributed by atoms with E-state index in [4.69, 9.17) is 10.8 Å². The minimum Gasteiger partial charge on any atom is -0.480 e. The van der Waals surface area contributed by atoms with E-state index >= 15 is 0 Å². The molecule has 4 heteroatoms. The molecule has 0 radical (unpaired) electrons. The zero-order valence-electron chi connectivity index (χ0n) is 8.54. The van der Waals surface area contributed by atoms with E-state index in [1.165, 1.54) is 0 Å². The summed E-state index contributed by atoms with van der Waals surface area (Å²) in [5.74, 6) is -0.481. The van der Waals surface area contributed by atoms with Crippen molar-refractivity contribution in [1.29, 1.82) is 0 Å². The van der Waals surface area contributed by atoms with Crippen LogP contribution in [0.25, 0.3) is 0 Å². The zero-order valence-corrected chi connectivity index (χ0v) is 9.36. The van der Waals surface area contributed by atoms with Crippen LogP contribution in [0.15, 0.2) is 0 Å². The first-order chi connectivity index (χ1) is 5.44. The van der Waals surface area contributed by atoms with Crippen LogP contribution in [-0.2, 0) is 4.79 Å². The van der Waals surface area contributed by atoms with Crippen LogP contribution < -0.4 is 5.73 Å². The van der Waals surface area contributed by atoms with Crippen molar-refractivity contribution in [3.8, 4) is 0 Å². The van der Waals surface area contributed by atoms with Gasteiger partial charge in [-0.15, -0.1) is 12.4 Å². The summed E-state index contributed by atoms with van der Waals surface area (Å²) in [4.78, 5) is 10.7. The van der Waals surface area contributed by atoms with E-state index in [-0.39, 0.29) is 12.4 Å². The lowest BCUT2D eigenvalue weighted by Crippen LogP contribution is -2.46. The Balaban J connectivity index is 0. The van der Waals surface area contributed by atoms with Crippen LogP contribution in [0.3, 0.4) is 0 Å². The Hall–Kier alpha value is -0.280. The molecular formula is C9H20ClNO2. The van der Waals surface area contributed by atoms with Crippen LogP contribution >= 0.6 is 12.4 Å². The van der Waals surface area contributed by atoms with Crippen LogP contribution in [-0.4, -0.2) is 16.6 Å². The van der Waals surface area contributed by atoms with Gasteiger partial charge >= 0.3 is 5.97 Å². The zero-order chi connectivity index (χ0) is 9.78.